The number of hydrogen-bond acceptors (Lipinski definition) is 2. The van der Waals surface area contributed by atoms with Crippen molar-refractivity contribution in [1.29, 1.82) is 0 Å². The number of fused-ring (bicyclic) bond motifs is 1. The molecular formula is C18H14INOS. The molecule has 3 rings (SSSR count). The molecule has 0 saturated heterocycles. The van der Waals surface area contributed by atoms with Gasteiger partial charge >= 0.3 is 0 Å². The molecule has 3 aromatic rings. The van der Waals surface area contributed by atoms with E-state index in [0.29, 0.717) is 5.75 Å². The Hall–Kier alpha value is -1.53. The first-order valence-corrected chi connectivity index (χ1v) is 8.94. The van der Waals surface area contributed by atoms with Crippen molar-refractivity contribution in [3.8, 4) is 0 Å². The number of anilines is 1. The Morgan fingerprint density at radius 3 is 2.59 bits per heavy atom. The maximum absolute atomic E-state index is 12.0. The van der Waals surface area contributed by atoms with Gasteiger partial charge < -0.3 is 5.32 Å². The van der Waals surface area contributed by atoms with Gasteiger partial charge in [-0.15, -0.1) is 11.8 Å². The van der Waals surface area contributed by atoms with Crippen LogP contribution in [0.5, 0.6) is 0 Å². The molecule has 0 unspecified atom stereocenters. The van der Waals surface area contributed by atoms with Gasteiger partial charge in [0.25, 0.3) is 0 Å². The first-order valence-electron chi connectivity index (χ1n) is 6.88. The molecule has 1 N–H and O–H groups in total. The number of rotatable bonds is 4. The average molecular weight is 419 g/mol. The predicted molar refractivity (Wildman–Crippen MR) is 102 cm³/mol. The van der Waals surface area contributed by atoms with Crippen LogP contribution in [0.4, 0.5) is 5.69 Å². The normalized spacial score (nSPS) is 10.6. The van der Waals surface area contributed by atoms with Crippen molar-refractivity contribution in [1.82, 2.24) is 0 Å². The zero-order chi connectivity index (χ0) is 15.4. The molecule has 3 aromatic carbocycles. The molecule has 0 atom stereocenters. The third-order valence-corrected chi connectivity index (χ3v) is 4.86. The number of carbonyl (C=O) groups is 1. The maximum atomic E-state index is 12.0. The van der Waals surface area contributed by atoms with Crippen LogP contribution in [0.3, 0.4) is 0 Å². The zero-order valence-electron chi connectivity index (χ0n) is 11.8. The highest BCUT2D eigenvalue weighted by Gasteiger charge is 2.04. The molecule has 0 aliphatic heterocycles. The molecule has 110 valence electrons. The lowest BCUT2D eigenvalue weighted by Crippen LogP contribution is -2.13. The van der Waals surface area contributed by atoms with Crippen LogP contribution in [0.15, 0.2) is 71.6 Å². The quantitative estimate of drug-likeness (QED) is 0.467. The van der Waals surface area contributed by atoms with Gasteiger partial charge in [-0.2, -0.15) is 0 Å². The Bertz CT molecular complexity index is 819. The van der Waals surface area contributed by atoms with E-state index in [2.05, 4.69) is 58.2 Å². The highest BCUT2D eigenvalue weighted by molar-refractivity contribution is 14.1. The summed E-state index contributed by atoms with van der Waals surface area (Å²) in [4.78, 5) is 13.1. The summed E-state index contributed by atoms with van der Waals surface area (Å²) >= 11 is 3.79. The topological polar surface area (TPSA) is 29.1 Å². The second-order valence-electron chi connectivity index (χ2n) is 4.86. The zero-order valence-corrected chi connectivity index (χ0v) is 14.7. The molecule has 0 heterocycles. The van der Waals surface area contributed by atoms with Crippen molar-refractivity contribution in [2.24, 2.45) is 0 Å². The van der Waals surface area contributed by atoms with Gasteiger partial charge in [-0.25, -0.2) is 0 Å². The van der Waals surface area contributed by atoms with Crippen molar-refractivity contribution < 1.29 is 4.79 Å². The molecule has 0 aliphatic rings. The van der Waals surface area contributed by atoms with Crippen LogP contribution in [0.1, 0.15) is 0 Å². The summed E-state index contributed by atoms with van der Waals surface area (Å²) in [6.45, 7) is 0. The second kappa shape index (κ2) is 7.15. The van der Waals surface area contributed by atoms with E-state index in [-0.39, 0.29) is 5.91 Å². The van der Waals surface area contributed by atoms with Crippen molar-refractivity contribution in [3.05, 3.63) is 70.3 Å². The van der Waals surface area contributed by atoms with Crippen molar-refractivity contribution in [3.63, 3.8) is 0 Å². The highest BCUT2D eigenvalue weighted by atomic mass is 127. The molecule has 0 aromatic heterocycles. The fraction of sp³-hybridized carbons (Fsp3) is 0.0556. The van der Waals surface area contributed by atoms with Crippen LogP contribution in [-0.2, 0) is 4.79 Å². The molecule has 0 saturated carbocycles. The standard InChI is InChI=1S/C18H14INOS/c19-15-6-3-7-16(11-15)20-18(21)12-22-17-9-8-13-4-1-2-5-14(13)10-17/h1-11H,12H2,(H,20,21). The fourth-order valence-electron chi connectivity index (χ4n) is 2.17. The number of amides is 1. The van der Waals surface area contributed by atoms with Gasteiger partial charge in [0, 0.05) is 14.2 Å². The van der Waals surface area contributed by atoms with Crippen molar-refractivity contribution in [2.45, 2.75) is 4.90 Å². The SMILES string of the molecule is O=C(CSc1ccc2ccccc2c1)Nc1cccc(I)c1. The molecule has 2 nitrogen and oxygen atoms in total. The van der Waals surface area contributed by atoms with E-state index >= 15 is 0 Å². The lowest BCUT2D eigenvalue weighted by Gasteiger charge is -2.06. The van der Waals surface area contributed by atoms with E-state index in [9.17, 15) is 4.79 Å². The summed E-state index contributed by atoms with van der Waals surface area (Å²) in [6, 6.07) is 22.3. The smallest absolute Gasteiger partial charge is 0.234 e. The Balaban J connectivity index is 1.62. The van der Waals surface area contributed by atoms with Crippen LogP contribution in [0.2, 0.25) is 0 Å². The van der Waals surface area contributed by atoms with Gasteiger partial charge in [0.2, 0.25) is 5.91 Å². The Labute approximate surface area is 147 Å². The molecule has 0 aliphatic carbocycles. The average Bonchev–Trinajstić information content (AvgIpc) is 2.53. The molecule has 22 heavy (non-hydrogen) atoms. The summed E-state index contributed by atoms with van der Waals surface area (Å²) in [5.41, 5.74) is 0.844. The molecular weight excluding hydrogens is 405 g/mol. The van der Waals surface area contributed by atoms with Crippen LogP contribution >= 0.6 is 34.4 Å². The number of halogens is 1. The summed E-state index contributed by atoms with van der Waals surface area (Å²) < 4.78 is 1.11. The highest BCUT2D eigenvalue weighted by Crippen LogP contribution is 2.23. The summed E-state index contributed by atoms with van der Waals surface area (Å²) in [5.74, 6) is 0.421. The fourth-order valence-corrected chi connectivity index (χ4v) is 3.46. The minimum Gasteiger partial charge on any atom is -0.325 e. The van der Waals surface area contributed by atoms with Gasteiger partial charge in [0.05, 0.1) is 5.75 Å². The van der Waals surface area contributed by atoms with Crippen molar-refractivity contribution in [2.75, 3.05) is 11.1 Å². The Kier molecular flexibility index (Phi) is 5.00. The van der Waals surface area contributed by atoms with E-state index in [1.165, 1.54) is 10.8 Å². The molecule has 0 fully saturated rings. The van der Waals surface area contributed by atoms with Crippen LogP contribution in [-0.4, -0.2) is 11.7 Å². The molecule has 0 radical (unpaired) electrons. The maximum Gasteiger partial charge on any atom is 0.234 e. The molecule has 0 spiro atoms. The Morgan fingerprint density at radius 1 is 0.955 bits per heavy atom. The summed E-state index contributed by atoms with van der Waals surface area (Å²) in [5, 5.41) is 5.34. The molecule has 0 bridgehead atoms. The number of thioether (sulfide) groups is 1. The van der Waals surface area contributed by atoms with Crippen LogP contribution in [0, 0.1) is 3.57 Å². The summed E-state index contributed by atoms with van der Waals surface area (Å²) in [7, 11) is 0. The van der Waals surface area contributed by atoms with Crippen LogP contribution < -0.4 is 5.32 Å². The number of nitrogens with one attached hydrogen (secondary N) is 1. The monoisotopic (exact) mass is 419 g/mol. The van der Waals surface area contributed by atoms with Gasteiger partial charge in [-0.3, -0.25) is 4.79 Å². The number of benzene rings is 3. The minimum absolute atomic E-state index is 0.0140. The van der Waals surface area contributed by atoms with Crippen molar-refractivity contribution >= 4 is 56.7 Å². The third kappa shape index (κ3) is 4.01. The van der Waals surface area contributed by atoms with E-state index in [0.717, 1.165) is 14.2 Å². The van der Waals surface area contributed by atoms with Gasteiger partial charge in [0.15, 0.2) is 0 Å². The largest absolute Gasteiger partial charge is 0.325 e. The van der Waals surface area contributed by atoms with Gasteiger partial charge in [0.1, 0.15) is 0 Å². The lowest BCUT2D eigenvalue weighted by molar-refractivity contribution is -0.113. The van der Waals surface area contributed by atoms with E-state index < -0.39 is 0 Å². The van der Waals surface area contributed by atoms with Gasteiger partial charge in [-0.05, 0) is 63.7 Å². The van der Waals surface area contributed by atoms with Gasteiger partial charge in [-0.1, -0.05) is 36.4 Å². The molecule has 4 heteroatoms. The van der Waals surface area contributed by atoms with E-state index in [1.807, 2.05) is 36.4 Å². The lowest BCUT2D eigenvalue weighted by atomic mass is 10.1. The van der Waals surface area contributed by atoms with E-state index in [1.54, 1.807) is 11.8 Å². The Morgan fingerprint density at radius 2 is 1.77 bits per heavy atom. The predicted octanol–water partition coefficient (Wildman–Crippen LogP) is 5.18. The summed E-state index contributed by atoms with van der Waals surface area (Å²) in [6.07, 6.45) is 0. The number of carbonyl (C=O) groups excluding carboxylic acids is 1. The number of hydrogen-bond donors (Lipinski definition) is 1. The second-order valence-corrected chi connectivity index (χ2v) is 7.15. The van der Waals surface area contributed by atoms with E-state index in [4.69, 9.17) is 0 Å². The third-order valence-electron chi connectivity index (χ3n) is 3.20. The first kappa shape index (κ1) is 15.4. The minimum atomic E-state index is 0.0140. The molecule has 1 amide bonds. The first-order chi connectivity index (χ1) is 10.7. The van der Waals surface area contributed by atoms with Crippen LogP contribution in [0.25, 0.3) is 10.8 Å².